The van der Waals surface area contributed by atoms with E-state index in [-0.39, 0.29) is 34.1 Å². The maximum absolute atomic E-state index is 13.3. The third kappa shape index (κ3) is 4.79. The normalized spacial score (nSPS) is 11.5. The molecular weight excluding hydrogens is 468 g/mol. The number of benzene rings is 3. The first-order valence-corrected chi connectivity index (χ1v) is 12.1. The molecular formula is C25H24N4O5S. The quantitative estimate of drug-likeness (QED) is 0.425. The topological polar surface area (TPSA) is 111 Å². The maximum Gasteiger partial charge on any atom is 0.276 e. The minimum absolute atomic E-state index is 0.0453. The minimum atomic E-state index is -3.83. The van der Waals surface area contributed by atoms with E-state index >= 15 is 0 Å². The SMILES string of the molecule is COc1ccc(NC(=O)c2nn(Cc3ccccc3)c(=O)c3ccccc23)cc1S(=O)(=O)N(C)C. The van der Waals surface area contributed by atoms with E-state index in [2.05, 4.69) is 10.4 Å². The van der Waals surface area contributed by atoms with Gasteiger partial charge < -0.3 is 10.1 Å². The maximum atomic E-state index is 13.3. The number of rotatable bonds is 7. The van der Waals surface area contributed by atoms with Crippen LogP contribution in [0.5, 0.6) is 5.75 Å². The number of carbonyl (C=O) groups excluding carboxylic acids is 1. The first-order valence-electron chi connectivity index (χ1n) is 10.7. The summed E-state index contributed by atoms with van der Waals surface area (Å²) in [5, 5.41) is 7.83. The molecule has 3 aromatic carbocycles. The second-order valence-corrected chi connectivity index (χ2v) is 10.1. The summed E-state index contributed by atoms with van der Waals surface area (Å²) in [7, 11) is 0.359. The van der Waals surface area contributed by atoms with Crippen LogP contribution in [0.1, 0.15) is 16.1 Å². The molecule has 4 aromatic rings. The molecule has 9 nitrogen and oxygen atoms in total. The highest BCUT2D eigenvalue weighted by atomic mass is 32.2. The summed E-state index contributed by atoms with van der Waals surface area (Å²) < 4.78 is 33.0. The Kier molecular flexibility index (Phi) is 6.68. The molecule has 180 valence electrons. The van der Waals surface area contributed by atoms with Crippen LogP contribution in [0.15, 0.2) is 82.5 Å². The number of ether oxygens (including phenoxy) is 1. The van der Waals surface area contributed by atoms with Crippen molar-refractivity contribution < 1.29 is 17.9 Å². The molecule has 0 aliphatic heterocycles. The molecule has 0 saturated carbocycles. The first-order chi connectivity index (χ1) is 16.7. The summed E-state index contributed by atoms with van der Waals surface area (Å²) in [6, 6.07) is 20.4. The third-order valence-corrected chi connectivity index (χ3v) is 7.27. The number of carbonyl (C=O) groups is 1. The molecule has 0 aliphatic carbocycles. The molecule has 0 bridgehead atoms. The Morgan fingerprint density at radius 2 is 1.66 bits per heavy atom. The summed E-state index contributed by atoms with van der Waals surface area (Å²) in [5.41, 5.74) is 0.828. The van der Waals surface area contributed by atoms with Crippen LogP contribution >= 0.6 is 0 Å². The van der Waals surface area contributed by atoms with Crippen LogP contribution < -0.4 is 15.6 Å². The van der Waals surface area contributed by atoms with Crippen molar-refractivity contribution in [3.05, 3.63) is 94.4 Å². The van der Waals surface area contributed by atoms with Crippen LogP contribution in [0.2, 0.25) is 0 Å². The predicted octanol–water partition coefficient (Wildman–Crippen LogP) is 2.96. The lowest BCUT2D eigenvalue weighted by atomic mass is 10.1. The largest absolute Gasteiger partial charge is 0.495 e. The molecule has 0 radical (unpaired) electrons. The number of nitrogens with zero attached hydrogens (tertiary/aromatic N) is 3. The number of fused-ring (bicyclic) bond motifs is 1. The number of hydrogen-bond acceptors (Lipinski definition) is 6. The molecule has 10 heteroatoms. The fraction of sp³-hybridized carbons (Fsp3) is 0.160. The van der Waals surface area contributed by atoms with Gasteiger partial charge in [-0.05, 0) is 29.8 Å². The van der Waals surface area contributed by atoms with Gasteiger partial charge in [0, 0.05) is 25.2 Å². The third-order valence-electron chi connectivity index (χ3n) is 5.44. The zero-order chi connectivity index (χ0) is 25.2. The van der Waals surface area contributed by atoms with Crippen molar-refractivity contribution in [2.45, 2.75) is 11.4 Å². The van der Waals surface area contributed by atoms with Crippen molar-refractivity contribution >= 4 is 32.4 Å². The first kappa shape index (κ1) is 24.1. The van der Waals surface area contributed by atoms with Gasteiger partial charge in [-0.2, -0.15) is 5.10 Å². The van der Waals surface area contributed by atoms with Gasteiger partial charge in [0.2, 0.25) is 10.0 Å². The second-order valence-electron chi connectivity index (χ2n) is 7.95. The molecule has 0 saturated heterocycles. The molecule has 0 atom stereocenters. The molecule has 35 heavy (non-hydrogen) atoms. The van der Waals surface area contributed by atoms with Crippen LogP contribution in [0.25, 0.3) is 10.8 Å². The van der Waals surface area contributed by atoms with Crippen LogP contribution in [0, 0.1) is 0 Å². The fourth-order valence-corrected chi connectivity index (χ4v) is 4.68. The highest BCUT2D eigenvalue weighted by Crippen LogP contribution is 2.29. The van der Waals surface area contributed by atoms with Crippen molar-refractivity contribution in [1.29, 1.82) is 0 Å². The van der Waals surface area contributed by atoms with E-state index in [4.69, 9.17) is 4.74 Å². The summed E-state index contributed by atoms with van der Waals surface area (Å²) in [6.45, 7) is 0.193. The number of amides is 1. The number of aromatic nitrogens is 2. The average Bonchev–Trinajstić information content (AvgIpc) is 2.86. The summed E-state index contributed by atoms with van der Waals surface area (Å²) in [4.78, 5) is 26.3. The fourth-order valence-electron chi connectivity index (χ4n) is 3.61. The van der Waals surface area contributed by atoms with E-state index in [1.54, 1.807) is 24.3 Å². The molecule has 1 heterocycles. The highest BCUT2D eigenvalue weighted by molar-refractivity contribution is 7.89. The predicted molar refractivity (Wildman–Crippen MR) is 133 cm³/mol. The Bertz CT molecular complexity index is 1560. The van der Waals surface area contributed by atoms with Crippen LogP contribution in [-0.4, -0.2) is 49.6 Å². The smallest absolute Gasteiger partial charge is 0.276 e. The molecule has 1 N–H and O–H groups in total. The number of nitrogens with one attached hydrogen (secondary N) is 1. The molecule has 0 spiro atoms. The lowest BCUT2D eigenvalue weighted by molar-refractivity contribution is 0.102. The van der Waals surface area contributed by atoms with Gasteiger partial charge in [-0.3, -0.25) is 9.59 Å². The van der Waals surface area contributed by atoms with Crippen molar-refractivity contribution in [3.63, 3.8) is 0 Å². The molecule has 1 aromatic heterocycles. The van der Waals surface area contributed by atoms with E-state index < -0.39 is 15.9 Å². The zero-order valence-corrected chi connectivity index (χ0v) is 20.2. The molecule has 0 aliphatic rings. The summed E-state index contributed by atoms with van der Waals surface area (Å²) in [6.07, 6.45) is 0. The van der Waals surface area contributed by atoms with Crippen molar-refractivity contribution in [2.75, 3.05) is 26.5 Å². The lowest BCUT2D eigenvalue weighted by Crippen LogP contribution is -2.28. The average molecular weight is 493 g/mol. The Morgan fingerprint density at radius 3 is 2.31 bits per heavy atom. The Balaban J connectivity index is 1.77. The molecule has 0 fully saturated rings. The Labute approximate surface area is 202 Å². The van der Waals surface area contributed by atoms with E-state index in [1.165, 1.54) is 44.1 Å². The van der Waals surface area contributed by atoms with Gasteiger partial charge in [0.1, 0.15) is 10.6 Å². The number of anilines is 1. The number of sulfonamides is 1. The number of methoxy groups -OCH3 is 1. The van der Waals surface area contributed by atoms with Gasteiger partial charge in [0.05, 0.1) is 19.0 Å². The Hall–Kier alpha value is -4.02. The van der Waals surface area contributed by atoms with Crippen LogP contribution in [0.4, 0.5) is 5.69 Å². The second kappa shape index (κ2) is 9.69. The van der Waals surface area contributed by atoms with E-state index in [0.29, 0.717) is 10.8 Å². The number of hydrogen-bond donors (Lipinski definition) is 1. The lowest BCUT2D eigenvalue weighted by Gasteiger charge is -2.16. The van der Waals surface area contributed by atoms with E-state index in [9.17, 15) is 18.0 Å². The van der Waals surface area contributed by atoms with Gasteiger partial charge in [0.25, 0.3) is 11.5 Å². The van der Waals surface area contributed by atoms with Crippen LogP contribution in [0.3, 0.4) is 0 Å². The monoisotopic (exact) mass is 492 g/mol. The van der Waals surface area contributed by atoms with Crippen LogP contribution in [-0.2, 0) is 16.6 Å². The minimum Gasteiger partial charge on any atom is -0.495 e. The van der Waals surface area contributed by atoms with Crippen molar-refractivity contribution in [2.24, 2.45) is 0 Å². The standard InChI is InChI=1S/C25H24N4O5S/c1-28(2)35(32,33)22-15-18(13-14-21(22)34-3)26-24(30)23-19-11-7-8-12-20(19)25(31)29(27-23)16-17-9-5-4-6-10-17/h4-15H,16H2,1-3H3,(H,26,30). The van der Waals surface area contributed by atoms with Crippen molar-refractivity contribution in [1.82, 2.24) is 14.1 Å². The van der Waals surface area contributed by atoms with Crippen molar-refractivity contribution in [3.8, 4) is 5.75 Å². The summed E-state index contributed by atoms with van der Waals surface area (Å²) in [5.74, 6) is -0.432. The highest BCUT2D eigenvalue weighted by Gasteiger charge is 2.24. The zero-order valence-electron chi connectivity index (χ0n) is 19.4. The van der Waals surface area contributed by atoms with Gasteiger partial charge in [-0.15, -0.1) is 0 Å². The Morgan fingerprint density at radius 1 is 1.00 bits per heavy atom. The van der Waals surface area contributed by atoms with Gasteiger partial charge >= 0.3 is 0 Å². The van der Waals surface area contributed by atoms with Gasteiger partial charge in [-0.25, -0.2) is 17.4 Å². The molecule has 1 amide bonds. The molecule has 4 rings (SSSR count). The van der Waals surface area contributed by atoms with E-state index in [1.807, 2.05) is 30.3 Å². The van der Waals surface area contributed by atoms with Gasteiger partial charge in [-0.1, -0.05) is 48.5 Å². The van der Waals surface area contributed by atoms with Gasteiger partial charge in [0.15, 0.2) is 5.69 Å². The molecule has 0 unspecified atom stereocenters. The summed E-state index contributed by atoms with van der Waals surface area (Å²) >= 11 is 0. The van der Waals surface area contributed by atoms with E-state index in [0.717, 1.165) is 9.87 Å².